The number of nitrogens with zero attached hydrogens (tertiary/aromatic N) is 2. The Morgan fingerprint density at radius 3 is 1.71 bits per heavy atom. The molecule has 2 aliphatic rings. The van der Waals surface area contributed by atoms with Crippen LogP contribution in [-0.2, 0) is 78.4 Å². The van der Waals surface area contributed by atoms with Crippen molar-refractivity contribution in [3.05, 3.63) is 126 Å². The Labute approximate surface area is 531 Å². The molecule has 2 fully saturated rings. The molecular formula is C65H82N12O15. The fourth-order valence-electron chi connectivity index (χ4n) is 11.1. The van der Waals surface area contributed by atoms with Gasteiger partial charge < -0.3 is 83.5 Å². The van der Waals surface area contributed by atoms with Gasteiger partial charge in [0.2, 0.25) is 59.1 Å². The summed E-state index contributed by atoms with van der Waals surface area (Å²) in [5, 5.41) is 62.3. The number of aromatic amines is 1. The van der Waals surface area contributed by atoms with Crippen LogP contribution in [0.25, 0.3) is 10.9 Å². The number of carbonyl (C=O) groups excluding carboxylic acids is 10. The molecule has 0 saturated carbocycles. The first-order valence-corrected chi connectivity index (χ1v) is 30.8. The molecule has 92 heavy (non-hydrogen) atoms. The minimum atomic E-state index is -1.81. The van der Waals surface area contributed by atoms with E-state index in [4.69, 9.17) is 5.73 Å². The first-order chi connectivity index (χ1) is 44.1. The summed E-state index contributed by atoms with van der Waals surface area (Å²) >= 11 is 0. The van der Waals surface area contributed by atoms with Crippen LogP contribution in [0.5, 0.6) is 17.2 Å². The molecule has 1 aromatic heterocycles. The Hall–Kier alpha value is -10.1. The van der Waals surface area contributed by atoms with Crippen LogP contribution in [0.3, 0.4) is 0 Å². The number of carboxylic acids is 1. The lowest BCUT2D eigenvalue weighted by Crippen LogP contribution is -2.60. The number of benzene rings is 4. The summed E-state index contributed by atoms with van der Waals surface area (Å²) in [6.07, 6.45) is 2.65. The fraction of sp³-hybridized carbons (Fsp3) is 0.431. The van der Waals surface area contributed by atoms with E-state index in [-0.39, 0.29) is 81.7 Å². The van der Waals surface area contributed by atoms with Crippen LogP contribution in [0.1, 0.15) is 93.4 Å². The van der Waals surface area contributed by atoms with Crippen molar-refractivity contribution in [1.82, 2.24) is 57.3 Å². The van der Waals surface area contributed by atoms with Crippen molar-refractivity contribution in [1.29, 1.82) is 0 Å². The number of nitrogens with two attached hydrogens (primary N) is 1. The lowest BCUT2D eigenvalue weighted by molar-refractivity contribution is -0.146. The van der Waals surface area contributed by atoms with Crippen molar-refractivity contribution in [2.45, 2.75) is 145 Å². The van der Waals surface area contributed by atoms with E-state index in [1.54, 1.807) is 42.6 Å². The molecule has 0 spiro atoms. The zero-order chi connectivity index (χ0) is 66.4. The molecule has 0 unspecified atom stereocenters. The van der Waals surface area contributed by atoms with Gasteiger partial charge in [0.25, 0.3) is 0 Å². The Morgan fingerprint density at radius 1 is 0.554 bits per heavy atom. The van der Waals surface area contributed by atoms with Crippen LogP contribution in [-0.4, -0.2) is 182 Å². The number of carboxylic acid groups (broad SMARTS) is 1. The number of hydrogen-bond donors (Lipinski definition) is 14. The third kappa shape index (κ3) is 20.0. The quantitative estimate of drug-likeness (QED) is 0.0537. The van der Waals surface area contributed by atoms with Gasteiger partial charge in [0.1, 0.15) is 65.6 Å². The maximum atomic E-state index is 14.9. The minimum absolute atomic E-state index is 0.0258. The maximum Gasteiger partial charge on any atom is 0.305 e. The van der Waals surface area contributed by atoms with Crippen molar-refractivity contribution < 1.29 is 73.2 Å². The predicted octanol–water partition coefficient (Wildman–Crippen LogP) is 0.712. The molecule has 2 aliphatic heterocycles. The number of unbranched alkanes of at least 4 members (excludes halogenated alkanes) is 3. The van der Waals surface area contributed by atoms with Crippen LogP contribution in [0.4, 0.5) is 0 Å². The van der Waals surface area contributed by atoms with Crippen molar-refractivity contribution in [3.63, 3.8) is 0 Å². The second kappa shape index (κ2) is 33.7. The van der Waals surface area contributed by atoms with E-state index >= 15 is 0 Å². The number of phenols is 3. The largest absolute Gasteiger partial charge is 0.508 e. The van der Waals surface area contributed by atoms with E-state index in [1.807, 2.05) is 6.92 Å². The summed E-state index contributed by atoms with van der Waals surface area (Å²) < 4.78 is 0. The zero-order valence-corrected chi connectivity index (χ0v) is 51.4. The van der Waals surface area contributed by atoms with Crippen molar-refractivity contribution in [2.24, 2.45) is 5.73 Å². The number of phenolic OH excluding ortho intramolecular Hbond substituents is 3. The molecule has 3 heterocycles. The maximum absolute atomic E-state index is 14.9. The second-order valence-electron chi connectivity index (χ2n) is 23.1. The van der Waals surface area contributed by atoms with Crippen LogP contribution in [0.15, 0.2) is 103 Å². The predicted molar refractivity (Wildman–Crippen MR) is 336 cm³/mol. The average Bonchev–Trinajstić information content (AvgIpc) is 1.64. The monoisotopic (exact) mass is 1270 g/mol. The Kier molecular flexibility index (Phi) is 25.4. The Morgan fingerprint density at radius 2 is 1.08 bits per heavy atom. The van der Waals surface area contributed by atoms with Crippen molar-refractivity contribution >= 4 is 75.9 Å². The summed E-state index contributed by atoms with van der Waals surface area (Å²) in [4.78, 5) is 163. The van der Waals surface area contributed by atoms with Crippen molar-refractivity contribution in [2.75, 3.05) is 33.2 Å². The first kappa shape index (κ1) is 69.4. The molecule has 0 aliphatic carbocycles. The lowest BCUT2D eigenvalue weighted by Gasteiger charge is -2.31. The number of likely N-dealkylation sites (N-methyl/N-ethyl adjacent to an activating group) is 1. The molecule has 2 saturated heterocycles. The molecule has 27 nitrogen and oxygen atoms in total. The van der Waals surface area contributed by atoms with E-state index in [0.29, 0.717) is 65.3 Å². The van der Waals surface area contributed by atoms with Gasteiger partial charge in [0.15, 0.2) is 0 Å². The Balaban J connectivity index is 1.28. The van der Waals surface area contributed by atoms with Gasteiger partial charge in [-0.1, -0.05) is 80.8 Å². The van der Waals surface area contributed by atoms with Gasteiger partial charge in [-0.2, -0.15) is 0 Å². The summed E-state index contributed by atoms with van der Waals surface area (Å²) in [7, 11) is 1.34. The minimum Gasteiger partial charge on any atom is -0.508 e. The first-order valence-electron chi connectivity index (χ1n) is 30.8. The van der Waals surface area contributed by atoms with E-state index in [2.05, 4.69) is 47.5 Å². The van der Waals surface area contributed by atoms with Gasteiger partial charge in [0.05, 0.1) is 19.5 Å². The number of fused-ring (bicyclic) bond motifs is 2. The number of hydrogen-bond acceptors (Lipinski definition) is 15. The molecule has 10 amide bonds. The molecule has 8 atom stereocenters. The van der Waals surface area contributed by atoms with Crippen LogP contribution in [0, 0.1) is 0 Å². The number of rotatable bonds is 18. The number of aromatic hydroxyl groups is 3. The van der Waals surface area contributed by atoms with Gasteiger partial charge in [-0.05, 0) is 104 Å². The van der Waals surface area contributed by atoms with Gasteiger partial charge >= 0.3 is 5.97 Å². The number of nitrogens with one attached hydrogen (secondary N) is 9. The summed E-state index contributed by atoms with van der Waals surface area (Å²) in [5.74, 6) is -10.5. The topological polar surface area (TPSA) is 413 Å². The van der Waals surface area contributed by atoms with Crippen LogP contribution in [0.2, 0.25) is 0 Å². The molecule has 15 N–H and O–H groups in total. The smallest absolute Gasteiger partial charge is 0.305 e. The number of carbonyl (C=O) groups is 11. The SMILES string of the molecule is CCCCC[C@@H]1NC(=O)[C@H](Cc2ccc(O)cc2)NC(=O)[C@H](Cc2ccccc2)N(C)C(=O)CNC(=O)[C@H](CCCCN)NC(=O)[C@H]2CCCN2C(=O)[C@H](CC(=O)O)NC(=O)[C@H](Cc2ccc(O)cc2)NC(=O)CNC(=O)[C@H](Cc2c[nH]c3cc(O)ccc23)NC1=O. The summed E-state index contributed by atoms with van der Waals surface area (Å²) in [6, 6.07) is 12.9. The highest BCUT2D eigenvalue weighted by Gasteiger charge is 2.41. The lowest BCUT2D eigenvalue weighted by atomic mass is 10.00. The van der Waals surface area contributed by atoms with Gasteiger partial charge in [-0.15, -0.1) is 0 Å². The Bertz CT molecular complexity index is 3420. The standard InChI is InChI=1S/C65H82N12O15/c1-3-4-6-14-47-60(87)73-51(32-41-35-67-48-33-44(80)25-26-45(41)48)59(86)68-36-55(81)70-49(29-39-17-21-42(78)22-18-39)61(88)75-52(34-57(83)84)65(92)77-28-11-16-53(77)63(90)72-46(15-9-10-27-66)58(85)69-37-56(82)76(2)54(31-38-12-7-5-8-13-38)64(91)74-50(62(89)71-47)30-40-19-23-43(79)24-20-40/h5,7-8,12-13,17-26,33,35,46-47,49-54,67,78-80H,3-4,6,9-11,14-16,27-32,34,36-37,66H2,1-2H3,(H,68,86)(H,69,85)(H,70,81)(H,71,89)(H,72,90)(H,73,87)(H,74,91)(H,75,88)(H,83,84)/t46-,47-,49-,50-,51-,52-,53+,54-/m0/s1. The van der Waals surface area contributed by atoms with Gasteiger partial charge in [0, 0.05) is 62.4 Å². The van der Waals surface area contributed by atoms with Crippen LogP contribution >= 0.6 is 0 Å². The molecule has 0 bridgehead atoms. The number of aromatic nitrogens is 1. The molecule has 27 heteroatoms. The summed E-state index contributed by atoms with van der Waals surface area (Å²) in [6.45, 7) is 0.596. The number of H-pyrrole nitrogens is 1. The van der Waals surface area contributed by atoms with E-state index < -0.39 is 133 Å². The average molecular weight is 1270 g/mol. The van der Waals surface area contributed by atoms with E-state index in [9.17, 15) is 73.2 Å². The van der Waals surface area contributed by atoms with Gasteiger partial charge in [-0.3, -0.25) is 52.7 Å². The summed E-state index contributed by atoms with van der Waals surface area (Å²) in [5.41, 5.74) is 8.24. The zero-order valence-electron chi connectivity index (χ0n) is 51.4. The molecule has 7 rings (SSSR count). The highest BCUT2D eigenvalue weighted by molar-refractivity contribution is 6.00. The van der Waals surface area contributed by atoms with Crippen molar-refractivity contribution in [3.8, 4) is 17.2 Å². The van der Waals surface area contributed by atoms with Crippen LogP contribution < -0.4 is 48.3 Å². The third-order valence-electron chi connectivity index (χ3n) is 16.3. The fourth-order valence-corrected chi connectivity index (χ4v) is 11.1. The number of aliphatic carboxylic acids is 1. The molecule has 5 aromatic rings. The normalized spacial score (nSPS) is 22.4. The molecule has 4 aromatic carbocycles. The highest BCUT2D eigenvalue weighted by Crippen LogP contribution is 2.25. The molecule has 492 valence electrons. The molecular weight excluding hydrogens is 1190 g/mol. The second-order valence-corrected chi connectivity index (χ2v) is 23.1. The molecule has 0 radical (unpaired) electrons. The van der Waals surface area contributed by atoms with E-state index in [0.717, 1.165) is 9.80 Å². The highest BCUT2D eigenvalue weighted by atomic mass is 16.4. The van der Waals surface area contributed by atoms with E-state index in [1.165, 1.54) is 67.7 Å². The van der Waals surface area contributed by atoms with Gasteiger partial charge in [-0.25, -0.2) is 0 Å². The number of amides is 10. The third-order valence-corrected chi connectivity index (χ3v) is 16.3.